The van der Waals surface area contributed by atoms with Gasteiger partial charge < -0.3 is 10.0 Å². The number of aliphatic hydroxyl groups is 1. The molecule has 2 heteroatoms. The van der Waals surface area contributed by atoms with Crippen molar-refractivity contribution >= 4 is 0 Å². The van der Waals surface area contributed by atoms with Gasteiger partial charge in [-0.2, -0.15) is 0 Å². The van der Waals surface area contributed by atoms with Crippen molar-refractivity contribution in [3.05, 3.63) is 59.2 Å². The van der Waals surface area contributed by atoms with E-state index in [0.717, 1.165) is 18.4 Å². The molecule has 0 spiro atoms. The molecule has 2 heterocycles. The number of hydrogen-bond donors (Lipinski definition) is 1. The molecule has 2 saturated heterocycles. The second-order valence-corrected chi connectivity index (χ2v) is 9.27. The summed E-state index contributed by atoms with van der Waals surface area (Å²) in [5, 5.41) is 11.7. The van der Waals surface area contributed by atoms with Crippen LogP contribution in [0.4, 0.5) is 0 Å². The van der Waals surface area contributed by atoms with Gasteiger partial charge in [0.05, 0.1) is 5.60 Å². The van der Waals surface area contributed by atoms with E-state index in [1.807, 2.05) is 0 Å². The molecule has 1 aliphatic carbocycles. The maximum absolute atomic E-state index is 11.7. The molecule has 1 N–H and O–H groups in total. The normalized spacial score (nSPS) is 32.2. The summed E-state index contributed by atoms with van der Waals surface area (Å²) in [5.41, 5.74) is 5.91. The molecule has 0 radical (unpaired) electrons. The standard InChI is InChI=1S/C24H29NO/c1-23(2)21-10-5-4-9-19(21)20-12-11-16(13-22(20)23)24(26)14-17-7-6-8-18(15-24)25(17)3/h4-5,9-13,17-18,26H,6-8,14-15H2,1-3H3. The van der Waals surface area contributed by atoms with Crippen molar-refractivity contribution in [2.75, 3.05) is 7.05 Å². The van der Waals surface area contributed by atoms with Crippen molar-refractivity contribution in [2.24, 2.45) is 0 Å². The van der Waals surface area contributed by atoms with Crippen LogP contribution in [0.15, 0.2) is 42.5 Å². The first-order valence-electron chi connectivity index (χ1n) is 10.1. The molecule has 2 aromatic carbocycles. The Kier molecular flexibility index (Phi) is 3.45. The van der Waals surface area contributed by atoms with Gasteiger partial charge in [-0.3, -0.25) is 0 Å². The zero-order chi connectivity index (χ0) is 18.1. The van der Waals surface area contributed by atoms with Gasteiger partial charge in [0.1, 0.15) is 0 Å². The monoisotopic (exact) mass is 347 g/mol. The average Bonchev–Trinajstić information content (AvgIpc) is 2.85. The highest BCUT2D eigenvalue weighted by Crippen LogP contribution is 2.51. The molecule has 5 rings (SSSR count). The lowest BCUT2D eigenvalue weighted by Gasteiger charge is -2.51. The zero-order valence-corrected chi connectivity index (χ0v) is 16.1. The second kappa shape index (κ2) is 5.43. The molecular formula is C24H29NO. The van der Waals surface area contributed by atoms with Crippen LogP contribution < -0.4 is 0 Å². The fourth-order valence-electron chi connectivity index (χ4n) is 5.88. The predicted molar refractivity (Wildman–Crippen MR) is 106 cm³/mol. The van der Waals surface area contributed by atoms with Crippen LogP contribution in [0.3, 0.4) is 0 Å². The van der Waals surface area contributed by atoms with Crippen molar-refractivity contribution in [2.45, 2.75) is 69.1 Å². The Hall–Kier alpha value is -1.64. The van der Waals surface area contributed by atoms with Gasteiger partial charge in [0.2, 0.25) is 0 Å². The van der Waals surface area contributed by atoms with Gasteiger partial charge in [0.15, 0.2) is 0 Å². The third kappa shape index (κ3) is 2.18. The van der Waals surface area contributed by atoms with Crippen LogP contribution in [0.5, 0.6) is 0 Å². The highest BCUT2D eigenvalue weighted by molar-refractivity contribution is 5.81. The lowest BCUT2D eigenvalue weighted by atomic mass is 9.71. The first-order chi connectivity index (χ1) is 12.4. The van der Waals surface area contributed by atoms with E-state index in [-0.39, 0.29) is 5.41 Å². The highest BCUT2D eigenvalue weighted by Gasteiger charge is 2.46. The van der Waals surface area contributed by atoms with Crippen molar-refractivity contribution in [3.8, 4) is 11.1 Å². The summed E-state index contributed by atoms with van der Waals surface area (Å²) < 4.78 is 0. The van der Waals surface area contributed by atoms with Gasteiger partial charge in [-0.25, -0.2) is 0 Å². The highest BCUT2D eigenvalue weighted by atomic mass is 16.3. The third-order valence-electron chi connectivity index (χ3n) is 7.49. The fraction of sp³-hybridized carbons (Fsp3) is 0.500. The topological polar surface area (TPSA) is 23.5 Å². The van der Waals surface area contributed by atoms with Crippen LogP contribution in [0.1, 0.15) is 62.6 Å². The molecule has 2 aliphatic heterocycles. The first kappa shape index (κ1) is 16.5. The van der Waals surface area contributed by atoms with Crippen LogP contribution in [-0.4, -0.2) is 29.1 Å². The molecule has 0 amide bonds. The summed E-state index contributed by atoms with van der Waals surface area (Å²) in [6.07, 6.45) is 5.48. The number of piperidine rings is 2. The quantitative estimate of drug-likeness (QED) is 0.799. The molecule has 0 saturated carbocycles. The van der Waals surface area contributed by atoms with Gasteiger partial charge >= 0.3 is 0 Å². The largest absolute Gasteiger partial charge is 0.385 e. The van der Waals surface area contributed by atoms with E-state index in [4.69, 9.17) is 0 Å². The molecule has 2 atom stereocenters. The van der Waals surface area contributed by atoms with E-state index >= 15 is 0 Å². The minimum Gasteiger partial charge on any atom is -0.385 e. The number of fused-ring (bicyclic) bond motifs is 5. The molecule has 2 bridgehead atoms. The fourth-order valence-corrected chi connectivity index (χ4v) is 5.88. The predicted octanol–water partition coefficient (Wildman–Crippen LogP) is 4.83. The zero-order valence-electron chi connectivity index (χ0n) is 16.1. The van der Waals surface area contributed by atoms with Crippen LogP contribution in [0.25, 0.3) is 11.1 Å². The van der Waals surface area contributed by atoms with Gasteiger partial charge in [0, 0.05) is 17.5 Å². The Morgan fingerprint density at radius 1 is 0.923 bits per heavy atom. The Morgan fingerprint density at radius 3 is 2.31 bits per heavy atom. The summed E-state index contributed by atoms with van der Waals surface area (Å²) in [6, 6.07) is 16.6. The Bertz CT molecular complexity index is 854. The minimum absolute atomic E-state index is 0.000371. The number of nitrogens with zero attached hydrogens (tertiary/aromatic N) is 1. The summed E-state index contributed by atoms with van der Waals surface area (Å²) in [5.74, 6) is 0. The van der Waals surface area contributed by atoms with Crippen molar-refractivity contribution < 1.29 is 5.11 Å². The molecule has 2 fully saturated rings. The van der Waals surface area contributed by atoms with Crippen molar-refractivity contribution in [3.63, 3.8) is 0 Å². The van der Waals surface area contributed by atoms with E-state index in [1.54, 1.807) is 0 Å². The molecule has 136 valence electrons. The molecule has 26 heavy (non-hydrogen) atoms. The summed E-state index contributed by atoms with van der Waals surface area (Å²) >= 11 is 0. The van der Waals surface area contributed by atoms with Gasteiger partial charge in [0.25, 0.3) is 0 Å². The minimum atomic E-state index is -0.678. The number of hydrogen-bond acceptors (Lipinski definition) is 2. The molecule has 2 nitrogen and oxygen atoms in total. The number of benzene rings is 2. The van der Waals surface area contributed by atoms with E-state index < -0.39 is 5.60 Å². The number of rotatable bonds is 1. The molecule has 2 aromatic rings. The van der Waals surface area contributed by atoms with Crippen molar-refractivity contribution in [1.29, 1.82) is 0 Å². The van der Waals surface area contributed by atoms with E-state index in [9.17, 15) is 5.11 Å². The van der Waals surface area contributed by atoms with Gasteiger partial charge in [-0.05, 0) is 60.5 Å². The Balaban J connectivity index is 1.58. The smallest absolute Gasteiger partial charge is 0.0926 e. The van der Waals surface area contributed by atoms with Crippen LogP contribution >= 0.6 is 0 Å². The van der Waals surface area contributed by atoms with Crippen LogP contribution in [0, 0.1) is 0 Å². The van der Waals surface area contributed by atoms with Crippen LogP contribution in [-0.2, 0) is 11.0 Å². The molecule has 0 aromatic heterocycles. The summed E-state index contributed by atoms with van der Waals surface area (Å²) in [7, 11) is 2.25. The Morgan fingerprint density at radius 2 is 1.58 bits per heavy atom. The maximum Gasteiger partial charge on any atom is 0.0926 e. The summed E-state index contributed by atoms with van der Waals surface area (Å²) in [6.45, 7) is 4.63. The average molecular weight is 348 g/mol. The summed E-state index contributed by atoms with van der Waals surface area (Å²) in [4.78, 5) is 2.52. The van der Waals surface area contributed by atoms with Gasteiger partial charge in [-0.1, -0.05) is 62.7 Å². The second-order valence-electron chi connectivity index (χ2n) is 9.27. The Labute approximate surface area is 156 Å². The molecule has 3 aliphatic rings. The van der Waals surface area contributed by atoms with E-state index in [2.05, 4.69) is 68.3 Å². The molecular weight excluding hydrogens is 318 g/mol. The van der Waals surface area contributed by atoms with Gasteiger partial charge in [-0.15, -0.1) is 0 Å². The van der Waals surface area contributed by atoms with Crippen LogP contribution in [0.2, 0.25) is 0 Å². The maximum atomic E-state index is 11.7. The SMILES string of the molecule is CN1C2CCCC1CC(O)(c1ccc3c(c1)C(C)(C)c1ccccc1-3)C2. The van der Waals surface area contributed by atoms with E-state index in [1.165, 1.54) is 41.5 Å². The lowest BCUT2D eigenvalue weighted by Crippen LogP contribution is -2.55. The van der Waals surface area contributed by atoms with E-state index in [0.29, 0.717) is 12.1 Å². The van der Waals surface area contributed by atoms with Crippen molar-refractivity contribution in [1.82, 2.24) is 4.90 Å². The lowest BCUT2D eigenvalue weighted by molar-refractivity contribution is -0.0875. The molecule has 2 unspecified atom stereocenters. The third-order valence-corrected chi connectivity index (χ3v) is 7.49. The first-order valence-corrected chi connectivity index (χ1v) is 10.1.